The maximum atomic E-state index is 4.22. The minimum atomic E-state index is 0.746. The van der Waals surface area contributed by atoms with Crippen molar-refractivity contribution in [2.24, 2.45) is 0 Å². The van der Waals surface area contributed by atoms with E-state index in [0.29, 0.717) is 0 Å². The number of hydrogen-bond donors (Lipinski definition) is 1. The van der Waals surface area contributed by atoms with E-state index in [-0.39, 0.29) is 0 Å². The smallest absolute Gasteiger partial charge is 0.152 e. The van der Waals surface area contributed by atoms with Crippen molar-refractivity contribution in [1.29, 1.82) is 0 Å². The highest BCUT2D eigenvalue weighted by Crippen LogP contribution is 2.15. The number of nitrogens with zero attached hydrogens (tertiary/aromatic N) is 3. The van der Waals surface area contributed by atoms with Gasteiger partial charge in [0, 0.05) is 18.7 Å². The number of anilines is 1. The first kappa shape index (κ1) is 10.3. The molecule has 1 aliphatic heterocycles. The van der Waals surface area contributed by atoms with Gasteiger partial charge in [-0.05, 0) is 25.5 Å². The van der Waals surface area contributed by atoms with E-state index in [1.165, 1.54) is 12.0 Å². The van der Waals surface area contributed by atoms with Crippen LogP contribution in [0.2, 0.25) is 0 Å². The average molecular weight is 228 g/mol. The highest BCUT2D eigenvalue weighted by Gasteiger charge is 2.16. The van der Waals surface area contributed by atoms with Crippen LogP contribution >= 0.6 is 0 Å². The fourth-order valence-corrected chi connectivity index (χ4v) is 2.19. The fraction of sp³-hybridized carbons (Fsp3) is 0.385. The second kappa shape index (κ2) is 4.20. The largest absolute Gasteiger partial charge is 0.378 e. The summed E-state index contributed by atoms with van der Waals surface area (Å²) >= 11 is 0. The molecule has 0 atom stereocenters. The first-order chi connectivity index (χ1) is 8.33. The highest BCUT2D eigenvalue weighted by molar-refractivity contribution is 5.44. The molecule has 0 saturated carbocycles. The maximum absolute atomic E-state index is 4.22. The summed E-state index contributed by atoms with van der Waals surface area (Å²) in [6.45, 7) is 3.90. The quantitative estimate of drug-likeness (QED) is 0.875. The SMILES string of the molecule is Cc1ccc(NCc2nnc3n2CCC3)cc1. The van der Waals surface area contributed by atoms with Crippen LogP contribution in [0.15, 0.2) is 24.3 Å². The molecule has 0 aliphatic carbocycles. The van der Waals surface area contributed by atoms with Crippen LogP contribution in [0, 0.1) is 6.92 Å². The van der Waals surface area contributed by atoms with E-state index in [1.807, 2.05) is 0 Å². The topological polar surface area (TPSA) is 42.7 Å². The molecule has 17 heavy (non-hydrogen) atoms. The summed E-state index contributed by atoms with van der Waals surface area (Å²) in [7, 11) is 0. The van der Waals surface area contributed by atoms with Gasteiger partial charge in [0.25, 0.3) is 0 Å². The predicted molar refractivity (Wildman–Crippen MR) is 66.8 cm³/mol. The lowest BCUT2D eigenvalue weighted by Crippen LogP contribution is -2.07. The third-order valence-corrected chi connectivity index (χ3v) is 3.19. The van der Waals surface area contributed by atoms with Crippen LogP contribution in [0.5, 0.6) is 0 Å². The average Bonchev–Trinajstić information content (AvgIpc) is 2.91. The number of benzene rings is 1. The zero-order valence-corrected chi connectivity index (χ0v) is 9.98. The van der Waals surface area contributed by atoms with Gasteiger partial charge in [-0.15, -0.1) is 10.2 Å². The number of aryl methyl sites for hydroxylation is 2. The van der Waals surface area contributed by atoms with Gasteiger partial charge in [-0.25, -0.2) is 0 Å². The number of rotatable bonds is 3. The van der Waals surface area contributed by atoms with Crippen LogP contribution < -0.4 is 5.32 Å². The van der Waals surface area contributed by atoms with Gasteiger partial charge < -0.3 is 9.88 Å². The molecule has 0 fully saturated rings. The van der Waals surface area contributed by atoms with Gasteiger partial charge in [-0.3, -0.25) is 0 Å². The normalized spacial score (nSPS) is 13.7. The Kier molecular flexibility index (Phi) is 2.55. The van der Waals surface area contributed by atoms with E-state index in [2.05, 4.69) is 51.3 Å². The van der Waals surface area contributed by atoms with Crippen molar-refractivity contribution in [2.75, 3.05) is 5.32 Å². The first-order valence-corrected chi connectivity index (χ1v) is 6.04. The second-order valence-corrected chi connectivity index (χ2v) is 4.51. The van der Waals surface area contributed by atoms with Gasteiger partial charge in [0.15, 0.2) is 5.82 Å². The Bertz CT molecular complexity index is 513. The van der Waals surface area contributed by atoms with E-state index in [9.17, 15) is 0 Å². The summed E-state index contributed by atoms with van der Waals surface area (Å²) < 4.78 is 2.22. The van der Waals surface area contributed by atoms with Crippen LogP contribution in [0.4, 0.5) is 5.69 Å². The van der Waals surface area contributed by atoms with E-state index < -0.39 is 0 Å². The monoisotopic (exact) mass is 228 g/mol. The van der Waals surface area contributed by atoms with Crippen LogP contribution in [0.3, 0.4) is 0 Å². The van der Waals surface area contributed by atoms with Gasteiger partial charge in [0.1, 0.15) is 5.82 Å². The third kappa shape index (κ3) is 2.02. The third-order valence-electron chi connectivity index (χ3n) is 3.19. The zero-order valence-electron chi connectivity index (χ0n) is 9.98. The van der Waals surface area contributed by atoms with Crippen molar-refractivity contribution in [3.05, 3.63) is 41.5 Å². The Labute approximate surface area is 101 Å². The lowest BCUT2D eigenvalue weighted by molar-refractivity contribution is 0.696. The minimum absolute atomic E-state index is 0.746. The summed E-state index contributed by atoms with van der Waals surface area (Å²) in [6, 6.07) is 8.40. The van der Waals surface area contributed by atoms with Gasteiger partial charge >= 0.3 is 0 Å². The summed E-state index contributed by atoms with van der Waals surface area (Å²) in [5, 5.41) is 11.8. The van der Waals surface area contributed by atoms with Crippen LogP contribution in [-0.2, 0) is 19.5 Å². The molecule has 1 aromatic heterocycles. The van der Waals surface area contributed by atoms with Crippen molar-refractivity contribution in [1.82, 2.24) is 14.8 Å². The number of hydrogen-bond acceptors (Lipinski definition) is 3. The molecule has 1 N–H and O–H groups in total. The molecule has 0 radical (unpaired) electrons. The Hall–Kier alpha value is -1.84. The molecular formula is C13H16N4. The Morgan fingerprint density at radius 3 is 2.88 bits per heavy atom. The van der Waals surface area contributed by atoms with Gasteiger partial charge in [0.05, 0.1) is 6.54 Å². The molecule has 1 aromatic carbocycles. The molecule has 2 heterocycles. The van der Waals surface area contributed by atoms with Crippen molar-refractivity contribution < 1.29 is 0 Å². The summed E-state index contributed by atoms with van der Waals surface area (Å²) in [5.74, 6) is 2.17. The zero-order chi connectivity index (χ0) is 11.7. The maximum Gasteiger partial charge on any atom is 0.152 e. The number of aromatic nitrogens is 3. The van der Waals surface area contributed by atoms with Crippen LogP contribution in [0.25, 0.3) is 0 Å². The van der Waals surface area contributed by atoms with Crippen molar-refractivity contribution >= 4 is 5.69 Å². The van der Waals surface area contributed by atoms with Crippen molar-refractivity contribution in [3.8, 4) is 0 Å². The van der Waals surface area contributed by atoms with E-state index in [4.69, 9.17) is 0 Å². The molecule has 2 aromatic rings. The first-order valence-electron chi connectivity index (χ1n) is 6.04. The molecule has 0 saturated heterocycles. The molecule has 0 bridgehead atoms. The molecule has 3 rings (SSSR count). The molecular weight excluding hydrogens is 212 g/mol. The second-order valence-electron chi connectivity index (χ2n) is 4.51. The standard InChI is InChI=1S/C13H16N4/c1-10-4-6-11(7-5-10)14-9-13-16-15-12-3-2-8-17(12)13/h4-7,14H,2-3,8-9H2,1H3. The Morgan fingerprint density at radius 2 is 2.06 bits per heavy atom. The van der Waals surface area contributed by atoms with Crippen LogP contribution in [-0.4, -0.2) is 14.8 Å². The summed E-state index contributed by atoms with van der Waals surface area (Å²) in [5.41, 5.74) is 2.41. The van der Waals surface area contributed by atoms with E-state index in [1.54, 1.807) is 0 Å². The van der Waals surface area contributed by atoms with E-state index >= 15 is 0 Å². The van der Waals surface area contributed by atoms with Crippen LogP contribution in [0.1, 0.15) is 23.6 Å². The molecule has 0 amide bonds. The molecule has 4 nitrogen and oxygen atoms in total. The molecule has 1 aliphatic rings. The lowest BCUT2D eigenvalue weighted by atomic mass is 10.2. The highest BCUT2D eigenvalue weighted by atomic mass is 15.3. The predicted octanol–water partition coefficient (Wildman–Crippen LogP) is 2.14. The molecule has 4 heteroatoms. The van der Waals surface area contributed by atoms with Crippen molar-refractivity contribution in [3.63, 3.8) is 0 Å². The van der Waals surface area contributed by atoms with E-state index in [0.717, 1.165) is 36.8 Å². The molecule has 88 valence electrons. The summed E-state index contributed by atoms with van der Waals surface area (Å²) in [6.07, 6.45) is 2.26. The van der Waals surface area contributed by atoms with Gasteiger partial charge in [-0.1, -0.05) is 17.7 Å². The molecule has 0 unspecified atom stereocenters. The number of nitrogens with one attached hydrogen (secondary N) is 1. The van der Waals surface area contributed by atoms with Gasteiger partial charge in [0.2, 0.25) is 0 Å². The van der Waals surface area contributed by atoms with Gasteiger partial charge in [-0.2, -0.15) is 0 Å². The summed E-state index contributed by atoms with van der Waals surface area (Å²) in [4.78, 5) is 0. The van der Waals surface area contributed by atoms with Crippen molar-refractivity contribution in [2.45, 2.75) is 32.9 Å². The lowest BCUT2D eigenvalue weighted by Gasteiger charge is -2.06. The fourth-order valence-electron chi connectivity index (χ4n) is 2.19. The Balaban J connectivity index is 1.69. The minimum Gasteiger partial charge on any atom is -0.378 e. The Morgan fingerprint density at radius 1 is 1.24 bits per heavy atom. The molecule has 0 spiro atoms. The number of fused-ring (bicyclic) bond motifs is 1.